The summed E-state index contributed by atoms with van der Waals surface area (Å²) in [4.78, 5) is 0. The first-order chi connectivity index (χ1) is 10.2. The van der Waals surface area contributed by atoms with Gasteiger partial charge in [0.1, 0.15) is 5.82 Å². The molecule has 0 amide bonds. The first-order valence-corrected chi connectivity index (χ1v) is 8.80. The monoisotopic (exact) mass is 357 g/mol. The largest absolute Gasteiger partial charge is 0.378 e. The zero-order valence-corrected chi connectivity index (χ0v) is 14.3. The van der Waals surface area contributed by atoms with Crippen molar-refractivity contribution in [1.82, 2.24) is 5.32 Å². The molecule has 1 saturated heterocycles. The number of hydrogen-bond acceptors (Lipinski definition) is 2. The molecule has 1 heterocycles. The fourth-order valence-corrected chi connectivity index (χ4v) is 3.44. The molecule has 2 nitrogen and oxygen atoms in total. The van der Waals surface area contributed by atoms with Crippen molar-refractivity contribution in [3.05, 3.63) is 34.1 Å². The van der Waals surface area contributed by atoms with Crippen molar-refractivity contribution in [3.8, 4) is 0 Å². The van der Waals surface area contributed by atoms with Gasteiger partial charge < -0.3 is 10.1 Å². The molecule has 0 aliphatic carbocycles. The standard InChI is InChI=1S/C17H25BrFNO/c1-2-11-20-16(10-3-6-13-7-5-12-21-13)14-8-4-9-15(19)17(14)18/h4,8-9,13,16,20H,2-3,5-7,10-12H2,1H3. The van der Waals surface area contributed by atoms with E-state index in [1.165, 1.54) is 18.9 Å². The van der Waals surface area contributed by atoms with Gasteiger partial charge in [-0.1, -0.05) is 19.1 Å². The zero-order chi connectivity index (χ0) is 15.1. The average Bonchev–Trinajstić information content (AvgIpc) is 2.99. The molecule has 2 rings (SSSR count). The molecular weight excluding hydrogens is 333 g/mol. The first kappa shape index (κ1) is 16.9. The molecule has 0 aromatic heterocycles. The van der Waals surface area contributed by atoms with Crippen LogP contribution in [0.2, 0.25) is 0 Å². The van der Waals surface area contributed by atoms with E-state index < -0.39 is 0 Å². The van der Waals surface area contributed by atoms with Crippen molar-refractivity contribution in [3.63, 3.8) is 0 Å². The highest BCUT2D eigenvalue weighted by Gasteiger charge is 2.19. The fraction of sp³-hybridized carbons (Fsp3) is 0.647. The Morgan fingerprint density at radius 2 is 2.33 bits per heavy atom. The number of ether oxygens (including phenoxy) is 1. The summed E-state index contributed by atoms with van der Waals surface area (Å²) in [5.41, 5.74) is 1.02. The van der Waals surface area contributed by atoms with Crippen LogP contribution in [0, 0.1) is 5.82 Å². The van der Waals surface area contributed by atoms with Crippen molar-refractivity contribution in [2.24, 2.45) is 0 Å². The highest BCUT2D eigenvalue weighted by molar-refractivity contribution is 9.10. The number of benzene rings is 1. The molecule has 1 aromatic rings. The third-order valence-corrected chi connectivity index (χ3v) is 4.88. The van der Waals surface area contributed by atoms with E-state index in [1.54, 1.807) is 6.07 Å². The summed E-state index contributed by atoms with van der Waals surface area (Å²) >= 11 is 3.39. The summed E-state index contributed by atoms with van der Waals surface area (Å²) in [6.07, 6.45) is 7.13. The lowest BCUT2D eigenvalue weighted by atomic mass is 9.99. The van der Waals surface area contributed by atoms with Crippen molar-refractivity contribution >= 4 is 15.9 Å². The van der Waals surface area contributed by atoms with Crippen LogP contribution in [-0.2, 0) is 4.74 Å². The van der Waals surface area contributed by atoms with E-state index >= 15 is 0 Å². The second kappa shape index (κ2) is 8.86. The van der Waals surface area contributed by atoms with E-state index in [2.05, 4.69) is 28.2 Å². The van der Waals surface area contributed by atoms with Crippen LogP contribution in [0.25, 0.3) is 0 Å². The molecule has 118 valence electrons. The van der Waals surface area contributed by atoms with E-state index in [-0.39, 0.29) is 11.9 Å². The topological polar surface area (TPSA) is 21.3 Å². The van der Waals surface area contributed by atoms with Gasteiger partial charge in [0.25, 0.3) is 0 Å². The Labute approximate surface area is 135 Å². The molecule has 1 aliphatic heterocycles. The predicted molar refractivity (Wildman–Crippen MR) is 88.0 cm³/mol. The van der Waals surface area contributed by atoms with Crippen molar-refractivity contribution < 1.29 is 9.13 Å². The molecule has 1 N–H and O–H groups in total. The van der Waals surface area contributed by atoms with Gasteiger partial charge in [0.15, 0.2) is 0 Å². The molecule has 0 bridgehead atoms. The highest BCUT2D eigenvalue weighted by Crippen LogP contribution is 2.30. The Kier molecular flexibility index (Phi) is 7.14. The number of hydrogen-bond donors (Lipinski definition) is 1. The lowest BCUT2D eigenvalue weighted by molar-refractivity contribution is 0.101. The molecule has 1 fully saturated rings. The van der Waals surface area contributed by atoms with E-state index in [4.69, 9.17) is 4.74 Å². The van der Waals surface area contributed by atoms with Crippen LogP contribution >= 0.6 is 15.9 Å². The smallest absolute Gasteiger partial charge is 0.137 e. The van der Waals surface area contributed by atoms with Gasteiger partial charge in [0.2, 0.25) is 0 Å². The quantitative estimate of drug-likeness (QED) is 0.708. The molecule has 2 unspecified atom stereocenters. The van der Waals surface area contributed by atoms with Crippen molar-refractivity contribution in [2.75, 3.05) is 13.2 Å². The van der Waals surface area contributed by atoms with Crippen LogP contribution in [0.4, 0.5) is 4.39 Å². The minimum atomic E-state index is -0.185. The van der Waals surface area contributed by atoms with Gasteiger partial charge in [-0.2, -0.15) is 0 Å². The summed E-state index contributed by atoms with van der Waals surface area (Å²) < 4.78 is 20.0. The summed E-state index contributed by atoms with van der Waals surface area (Å²) in [5, 5.41) is 3.54. The maximum Gasteiger partial charge on any atom is 0.137 e. The fourth-order valence-electron chi connectivity index (χ4n) is 2.90. The van der Waals surface area contributed by atoms with E-state index in [0.29, 0.717) is 10.6 Å². The summed E-state index contributed by atoms with van der Waals surface area (Å²) in [7, 11) is 0. The summed E-state index contributed by atoms with van der Waals surface area (Å²) in [5.74, 6) is -0.185. The molecule has 21 heavy (non-hydrogen) atoms. The van der Waals surface area contributed by atoms with Crippen LogP contribution in [0.1, 0.15) is 57.1 Å². The van der Waals surface area contributed by atoms with Gasteiger partial charge in [0.05, 0.1) is 10.6 Å². The lowest BCUT2D eigenvalue weighted by Crippen LogP contribution is -2.23. The van der Waals surface area contributed by atoms with Gasteiger partial charge in [-0.05, 0) is 72.6 Å². The number of rotatable bonds is 8. The summed E-state index contributed by atoms with van der Waals surface area (Å²) in [6, 6.07) is 5.50. The first-order valence-electron chi connectivity index (χ1n) is 8.01. The van der Waals surface area contributed by atoms with Gasteiger partial charge in [-0.15, -0.1) is 0 Å². The van der Waals surface area contributed by atoms with Crippen LogP contribution < -0.4 is 5.32 Å². The van der Waals surface area contributed by atoms with Crippen LogP contribution in [0.5, 0.6) is 0 Å². The van der Waals surface area contributed by atoms with Crippen molar-refractivity contribution in [2.45, 2.75) is 57.6 Å². The SMILES string of the molecule is CCCNC(CCCC1CCCO1)c1cccc(F)c1Br. The molecule has 1 aromatic carbocycles. The zero-order valence-electron chi connectivity index (χ0n) is 12.7. The molecule has 1 aliphatic rings. The van der Waals surface area contributed by atoms with Gasteiger partial charge >= 0.3 is 0 Å². The molecule has 0 saturated carbocycles. The molecule has 2 atom stereocenters. The molecular formula is C17H25BrFNO. The van der Waals surface area contributed by atoms with E-state index in [1.807, 2.05) is 6.07 Å². The van der Waals surface area contributed by atoms with Gasteiger partial charge in [0, 0.05) is 12.6 Å². The van der Waals surface area contributed by atoms with E-state index in [0.717, 1.165) is 44.4 Å². The maximum atomic E-state index is 13.7. The Hall–Kier alpha value is -0.450. The maximum absolute atomic E-state index is 13.7. The second-order valence-corrected chi connectivity index (χ2v) is 6.51. The molecule has 4 heteroatoms. The van der Waals surface area contributed by atoms with Crippen LogP contribution in [0.15, 0.2) is 22.7 Å². The molecule has 0 spiro atoms. The minimum Gasteiger partial charge on any atom is -0.378 e. The lowest BCUT2D eigenvalue weighted by Gasteiger charge is -2.21. The third-order valence-electron chi connectivity index (χ3n) is 4.04. The van der Waals surface area contributed by atoms with Crippen molar-refractivity contribution in [1.29, 1.82) is 0 Å². The second-order valence-electron chi connectivity index (χ2n) is 5.72. The van der Waals surface area contributed by atoms with Crippen LogP contribution in [-0.4, -0.2) is 19.3 Å². The Morgan fingerprint density at radius 3 is 3.05 bits per heavy atom. The average molecular weight is 358 g/mol. The number of halogens is 2. The Morgan fingerprint density at radius 1 is 1.48 bits per heavy atom. The Balaban J connectivity index is 1.94. The molecule has 0 radical (unpaired) electrons. The normalized spacial score (nSPS) is 19.9. The van der Waals surface area contributed by atoms with Crippen LogP contribution in [0.3, 0.4) is 0 Å². The Bertz CT molecular complexity index is 435. The highest BCUT2D eigenvalue weighted by atomic mass is 79.9. The number of nitrogens with one attached hydrogen (secondary N) is 1. The third kappa shape index (κ3) is 5.04. The predicted octanol–water partition coefficient (Wildman–Crippen LogP) is 4.98. The summed E-state index contributed by atoms with van der Waals surface area (Å²) in [6.45, 7) is 4.02. The van der Waals surface area contributed by atoms with E-state index in [9.17, 15) is 4.39 Å². The minimum absolute atomic E-state index is 0.185. The van der Waals surface area contributed by atoms with Gasteiger partial charge in [-0.25, -0.2) is 4.39 Å². The van der Waals surface area contributed by atoms with Gasteiger partial charge in [-0.3, -0.25) is 0 Å².